The third-order valence-electron chi connectivity index (χ3n) is 1.24. The van der Waals surface area contributed by atoms with Crippen LogP contribution >= 0.6 is 43.2 Å². The van der Waals surface area contributed by atoms with Gasteiger partial charge < -0.3 is 5.43 Å². The smallest absolute Gasteiger partial charge is 0.152 e. The lowest BCUT2D eigenvalue weighted by Crippen LogP contribution is -2.30. The van der Waals surface area contributed by atoms with Crippen molar-refractivity contribution in [2.45, 2.75) is 0 Å². The third-order valence-corrected chi connectivity index (χ3v) is 4.50. The normalized spacial score (nSPS) is 11.8. The number of thiophene rings is 1. The van der Waals surface area contributed by atoms with Crippen molar-refractivity contribution in [3.05, 3.63) is 19.2 Å². The maximum atomic E-state index is 5.27. The van der Waals surface area contributed by atoms with E-state index >= 15 is 0 Å². The van der Waals surface area contributed by atoms with E-state index in [4.69, 9.17) is 5.84 Å². The van der Waals surface area contributed by atoms with Crippen molar-refractivity contribution >= 4 is 49.0 Å². The number of rotatable bonds is 1. The Morgan fingerprint density at radius 2 is 2.33 bits per heavy atom. The molecule has 0 radical (unpaired) electrons. The monoisotopic (exact) mass is 311 g/mol. The van der Waals surface area contributed by atoms with E-state index in [1.165, 1.54) is 0 Å². The molecule has 3 N–H and O–H groups in total. The van der Waals surface area contributed by atoms with E-state index in [1.54, 1.807) is 18.4 Å². The summed E-state index contributed by atoms with van der Waals surface area (Å²) in [5.74, 6) is 5.96. The largest absolute Gasteiger partial charge is 0.308 e. The number of nitrogens with two attached hydrogens (primary N) is 1. The highest BCUT2D eigenvalue weighted by Gasteiger charge is 2.07. The molecule has 1 aromatic heterocycles. The highest BCUT2D eigenvalue weighted by Crippen LogP contribution is 2.32. The van der Waals surface area contributed by atoms with Gasteiger partial charge in [0.15, 0.2) is 5.84 Å². The standard InChI is InChI=1S/C6H7Br2N3S/c1-10-6(11-9)4-2-3(7)5(8)12-4/h2H,9H2,1H3,(H,10,11). The highest BCUT2D eigenvalue weighted by atomic mass is 79.9. The van der Waals surface area contributed by atoms with Gasteiger partial charge in [-0.2, -0.15) is 0 Å². The molecule has 1 heterocycles. The first-order valence-electron chi connectivity index (χ1n) is 3.07. The van der Waals surface area contributed by atoms with Crippen LogP contribution in [0, 0.1) is 0 Å². The Labute approximate surface area is 91.3 Å². The van der Waals surface area contributed by atoms with Gasteiger partial charge in [-0.3, -0.25) is 4.99 Å². The second-order valence-corrected chi connectivity index (χ2v) is 5.17. The fourth-order valence-corrected chi connectivity index (χ4v) is 2.74. The number of nitrogens with zero attached hydrogens (tertiary/aromatic N) is 1. The average molecular weight is 313 g/mol. The molecule has 0 aliphatic carbocycles. The van der Waals surface area contributed by atoms with Gasteiger partial charge in [0.05, 0.1) is 8.66 Å². The van der Waals surface area contributed by atoms with E-state index in [1.807, 2.05) is 6.07 Å². The number of halogens is 2. The SMILES string of the molecule is CN=C(NN)c1cc(Br)c(Br)s1. The van der Waals surface area contributed by atoms with Crippen LogP contribution in [0.1, 0.15) is 4.88 Å². The first kappa shape index (κ1) is 10.2. The van der Waals surface area contributed by atoms with Gasteiger partial charge in [0.2, 0.25) is 0 Å². The van der Waals surface area contributed by atoms with Gasteiger partial charge >= 0.3 is 0 Å². The molecule has 0 unspecified atom stereocenters. The van der Waals surface area contributed by atoms with E-state index < -0.39 is 0 Å². The van der Waals surface area contributed by atoms with E-state index in [2.05, 4.69) is 42.3 Å². The summed E-state index contributed by atoms with van der Waals surface area (Å²) in [7, 11) is 1.69. The second-order valence-electron chi connectivity index (χ2n) is 1.95. The van der Waals surface area contributed by atoms with Crippen LogP contribution in [0.2, 0.25) is 0 Å². The molecular weight excluding hydrogens is 306 g/mol. The summed E-state index contributed by atoms with van der Waals surface area (Å²) in [6, 6.07) is 1.96. The summed E-state index contributed by atoms with van der Waals surface area (Å²) < 4.78 is 2.05. The maximum Gasteiger partial charge on any atom is 0.152 e. The Hall–Kier alpha value is 0.0900. The Balaban J connectivity index is 3.03. The Morgan fingerprint density at radius 3 is 2.67 bits per heavy atom. The first-order chi connectivity index (χ1) is 5.69. The van der Waals surface area contributed by atoms with Crippen molar-refractivity contribution in [1.29, 1.82) is 0 Å². The van der Waals surface area contributed by atoms with E-state index in [0.29, 0.717) is 5.84 Å². The molecule has 12 heavy (non-hydrogen) atoms. The van der Waals surface area contributed by atoms with Crippen molar-refractivity contribution < 1.29 is 0 Å². The van der Waals surface area contributed by atoms with E-state index in [-0.39, 0.29) is 0 Å². The van der Waals surface area contributed by atoms with Crippen molar-refractivity contribution in [2.24, 2.45) is 10.8 Å². The van der Waals surface area contributed by atoms with Crippen molar-refractivity contribution in [1.82, 2.24) is 5.43 Å². The summed E-state index contributed by atoms with van der Waals surface area (Å²) in [4.78, 5) is 4.98. The number of aliphatic imine (C=N–C) groups is 1. The number of hydrogen-bond acceptors (Lipinski definition) is 3. The molecule has 0 fully saturated rings. The van der Waals surface area contributed by atoms with Crippen LogP contribution in [0.5, 0.6) is 0 Å². The van der Waals surface area contributed by atoms with Crippen LogP contribution in [-0.4, -0.2) is 12.9 Å². The molecule has 0 saturated carbocycles. The molecule has 66 valence electrons. The quantitative estimate of drug-likeness (QED) is 0.361. The third kappa shape index (κ3) is 2.07. The predicted octanol–water partition coefficient (Wildman–Crippen LogP) is 2.11. The van der Waals surface area contributed by atoms with Gasteiger partial charge in [-0.1, -0.05) is 0 Å². The summed E-state index contributed by atoms with van der Waals surface area (Å²) in [6.45, 7) is 0. The van der Waals surface area contributed by atoms with Crippen LogP contribution in [0.3, 0.4) is 0 Å². The first-order valence-corrected chi connectivity index (χ1v) is 5.48. The van der Waals surface area contributed by atoms with Crippen LogP contribution < -0.4 is 11.3 Å². The predicted molar refractivity (Wildman–Crippen MR) is 59.5 cm³/mol. The molecule has 0 aliphatic heterocycles. The van der Waals surface area contributed by atoms with Crippen molar-refractivity contribution in [3.8, 4) is 0 Å². The fourth-order valence-electron chi connectivity index (χ4n) is 0.709. The lowest BCUT2D eigenvalue weighted by atomic mass is 10.4. The van der Waals surface area contributed by atoms with Crippen molar-refractivity contribution in [2.75, 3.05) is 7.05 Å². The summed E-state index contributed by atoms with van der Waals surface area (Å²) in [5.41, 5.74) is 2.53. The molecule has 1 aromatic rings. The van der Waals surface area contributed by atoms with Gasteiger partial charge in [-0.25, -0.2) is 5.84 Å². The number of hydrogen-bond donors (Lipinski definition) is 2. The minimum atomic E-state index is 0.686. The highest BCUT2D eigenvalue weighted by molar-refractivity contribution is 9.13. The molecule has 0 atom stereocenters. The van der Waals surface area contributed by atoms with Gasteiger partial charge in [0, 0.05) is 11.5 Å². The molecule has 0 bridgehead atoms. The van der Waals surface area contributed by atoms with E-state index in [9.17, 15) is 0 Å². The lowest BCUT2D eigenvalue weighted by Gasteiger charge is -1.98. The van der Waals surface area contributed by atoms with E-state index in [0.717, 1.165) is 13.1 Å². The molecule has 0 aliphatic rings. The molecule has 0 saturated heterocycles. The second kappa shape index (κ2) is 4.36. The minimum Gasteiger partial charge on any atom is -0.308 e. The van der Waals surface area contributed by atoms with Gasteiger partial charge in [0.25, 0.3) is 0 Å². The van der Waals surface area contributed by atoms with Gasteiger partial charge in [-0.05, 0) is 37.9 Å². The molecule has 0 amide bonds. The summed E-state index contributed by atoms with van der Waals surface area (Å²) >= 11 is 8.34. The molecule has 3 nitrogen and oxygen atoms in total. The van der Waals surface area contributed by atoms with Crippen molar-refractivity contribution in [3.63, 3.8) is 0 Å². The van der Waals surface area contributed by atoms with Crippen LogP contribution in [0.25, 0.3) is 0 Å². The topological polar surface area (TPSA) is 50.4 Å². The summed E-state index contributed by atoms with van der Waals surface area (Å²) in [5, 5.41) is 0. The average Bonchev–Trinajstić information content (AvgIpc) is 2.35. The zero-order valence-corrected chi connectivity index (χ0v) is 10.3. The van der Waals surface area contributed by atoms with Crippen LogP contribution in [0.4, 0.5) is 0 Å². The number of hydrazine groups is 1. The number of nitrogens with one attached hydrogen (secondary N) is 1. The Bertz CT molecular complexity index is 288. The Morgan fingerprint density at radius 1 is 1.67 bits per heavy atom. The zero-order valence-electron chi connectivity index (χ0n) is 6.27. The molecule has 6 heteroatoms. The van der Waals surface area contributed by atoms with Crippen LogP contribution in [-0.2, 0) is 0 Å². The molecule has 1 rings (SSSR count). The maximum absolute atomic E-state index is 5.27. The van der Waals surface area contributed by atoms with Crippen LogP contribution in [0.15, 0.2) is 19.3 Å². The van der Waals surface area contributed by atoms with Gasteiger partial charge in [-0.15, -0.1) is 11.3 Å². The molecular formula is C6H7Br2N3S. The van der Waals surface area contributed by atoms with Gasteiger partial charge in [0.1, 0.15) is 0 Å². The zero-order chi connectivity index (χ0) is 9.14. The lowest BCUT2D eigenvalue weighted by molar-refractivity contribution is 1.02. The Kier molecular flexibility index (Phi) is 3.70. The number of amidine groups is 1. The fraction of sp³-hybridized carbons (Fsp3) is 0.167. The molecule has 0 aromatic carbocycles. The molecule has 0 spiro atoms. The minimum absolute atomic E-state index is 0.686. The summed E-state index contributed by atoms with van der Waals surface area (Å²) in [6.07, 6.45) is 0.